The number of hydrogen-bond donors (Lipinski definition) is 2. The molecule has 0 atom stereocenters. The minimum absolute atomic E-state index is 0.0551. The van der Waals surface area contributed by atoms with E-state index in [4.69, 9.17) is 17.0 Å². The van der Waals surface area contributed by atoms with Crippen LogP contribution in [0.25, 0.3) is 6.08 Å². The molecule has 2 aromatic rings. The first-order valence-electron chi connectivity index (χ1n) is 7.91. The molecule has 0 saturated carbocycles. The Morgan fingerprint density at radius 3 is 2.69 bits per heavy atom. The zero-order chi connectivity index (χ0) is 18.7. The Balaban J connectivity index is 1.72. The van der Waals surface area contributed by atoms with Crippen molar-refractivity contribution in [2.75, 3.05) is 19.1 Å². The van der Waals surface area contributed by atoms with Crippen molar-refractivity contribution in [1.82, 2.24) is 4.90 Å². The molecule has 3 rings (SSSR count). The van der Waals surface area contributed by atoms with Gasteiger partial charge in [-0.3, -0.25) is 9.69 Å². The SMILES string of the molecule is COc1cc(C=C2SC(=S)N(CNc3ccc(C)cc3)C2=O)ccc1O. The van der Waals surface area contributed by atoms with Crippen LogP contribution in [0, 0.1) is 6.92 Å². The number of thioether (sulfide) groups is 1. The highest BCUT2D eigenvalue weighted by Crippen LogP contribution is 2.34. The second-order valence-corrected chi connectivity index (χ2v) is 7.42. The van der Waals surface area contributed by atoms with Gasteiger partial charge in [0.1, 0.15) is 4.32 Å². The lowest BCUT2D eigenvalue weighted by Crippen LogP contribution is -2.33. The van der Waals surface area contributed by atoms with Crippen LogP contribution in [0.4, 0.5) is 5.69 Å². The van der Waals surface area contributed by atoms with Crippen LogP contribution in [0.15, 0.2) is 47.4 Å². The summed E-state index contributed by atoms with van der Waals surface area (Å²) >= 11 is 6.60. The fourth-order valence-electron chi connectivity index (χ4n) is 2.41. The predicted molar refractivity (Wildman–Crippen MR) is 109 cm³/mol. The molecule has 134 valence electrons. The standard InChI is InChI=1S/C19H18N2O3S2/c1-12-3-6-14(7-4-12)20-11-21-18(23)17(26-19(21)25)10-13-5-8-15(22)16(9-13)24-2/h3-10,20,22H,11H2,1-2H3. The fourth-order valence-corrected chi connectivity index (χ4v) is 3.67. The van der Waals surface area contributed by atoms with Crippen molar-refractivity contribution in [2.45, 2.75) is 6.92 Å². The van der Waals surface area contributed by atoms with Crippen LogP contribution in [-0.4, -0.2) is 34.0 Å². The normalized spacial score (nSPS) is 15.6. The number of carbonyl (C=O) groups is 1. The quantitative estimate of drug-likeness (QED) is 0.599. The average molecular weight is 386 g/mol. The number of nitrogens with zero attached hydrogens (tertiary/aromatic N) is 1. The van der Waals surface area contributed by atoms with Crippen LogP contribution in [-0.2, 0) is 4.79 Å². The lowest BCUT2D eigenvalue weighted by atomic mass is 10.2. The molecule has 1 fully saturated rings. The molecule has 1 saturated heterocycles. The molecule has 0 radical (unpaired) electrons. The average Bonchev–Trinajstić information content (AvgIpc) is 2.89. The first-order valence-corrected chi connectivity index (χ1v) is 9.13. The number of anilines is 1. The van der Waals surface area contributed by atoms with Gasteiger partial charge in [0.25, 0.3) is 5.91 Å². The minimum Gasteiger partial charge on any atom is -0.504 e. The molecule has 7 heteroatoms. The number of benzene rings is 2. The van der Waals surface area contributed by atoms with Crippen LogP contribution in [0.3, 0.4) is 0 Å². The molecule has 0 aromatic heterocycles. The van der Waals surface area contributed by atoms with E-state index in [9.17, 15) is 9.90 Å². The third-order valence-corrected chi connectivity index (χ3v) is 5.25. The smallest absolute Gasteiger partial charge is 0.267 e. The molecule has 0 spiro atoms. The van der Waals surface area contributed by atoms with Gasteiger partial charge in [-0.1, -0.05) is 47.7 Å². The molecule has 2 aromatic carbocycles. The van der Waals surface area contributed by atoms with Gasteiger partial charge < -0.3 is 15.2 Å². The number of aryl methyl sites for hydroxylation is 1. The number of phenols is 1. The summed E-state index contributed by atoms with van der Waals surface area (Å²) in [6, 6.07) is 12.9. The van der Waals surface area contributed by atoms with E-state index in [0.29, 0.717) is 21.6 Å². The first kappa shape index (κ1) is 18.3. The number of methoxy groups -OCH3 is 1. The Kier molecular flexibility index (Phi) is 5.49. The van der Waals surface area contributed by atoms with E-state index in [1.165, 1.54) is 35.4 Å². The molecular formula is C19H18N2O3S2. The lowest BCUT2D eigenvalue weighted by Gasteiger charge is -2.16. The Labute approximate surface area is 161 Å². The molecule has 2 N–H and O–H groups in total. The largest absolute Gasteiger partial charge is 0.504 e. The Hall–Kier alpha value is -2.51. The van der Waals surface area contributed by atoms with Crippen LogP contribution in [0.2, 0.25) is 0 Å². The third kappa shape index (κ3) is 4.00. The minimum atomic E-state index is -0.147. The molecule has 0 aliphatic carbocycles. The Morgan fingerprint density at radius 2 is 2.00 bits per heavy atom. The van der Waals surface area contributed by atoms with Crippen LogP contribution in [0.5, 0.6) is 11.5 Å². The molecule has 1 amide bonds. The molecule has 1 heterocycles. The van der Waals surface area contributed by atoms with E-state index in [2.05, 4.69) is 5.32 Å². The highest BCUT2D eigenvalue weighted by Gasteiger charge is 2.31. The van der Waals surface area contributed by atoms with Crippen molar-refractivity contribution in [2.24, 2.45) is 0 Å². The highest BCUT2D eigenvalue weighted by molar-refractivity contribution is 8.26. The van der Waals surface area contributed by atoms with Crippen LogP contribution < -0.4 is 10.1 Å². The maximum Gasteiger partial charge on any atom is 0.267 e. The molecule has 1 aliphatic heterocycles. The van der Waals surface area contributed by atoms with Crippen molar-refractivity contribution in [3.8, 4) is 11.5 Å². The number of rotatable bonds is 5. The van der Waals surface area contributed by atoms with Crippen molar-refractivity contribution in [1.29, 1.82) is 0 Å². The number of hydrogen-bond acceptors (Lipinski definition) is 6. The first-order chi connectivity index (χ1) is 12.5. The number of thiocarbonyl (C=S) groups is 1. The van der Waals surface area contributed by atoms with E-state index in [1.807, 2.05) is 31.2 Å². The highest BCUT2D eigenvalue weighted by atomic mass is 32.2. The summed E-state index contributed by atoms with van der Waals surface area (Å²) in [6.07, 6.45) is 1.74. The molecule has 26 heavy (non-hydrogen) atoms. The van der Waals surface area contributed by atoms with Crippen LogP contribution in [0.1, 0.15) is 11.1 Å². The summed E-state index contributed by atoms with van der Waals surface area (Å²) < 4.78 is 5.60. The molecule has 0 unspecified atom stereocenters. The predicted octanol–water partition coefficient (Wildman–Crippen LogP) is 3.98. The number of ether oxygens (including phenoxy) is 1. The number of amides is 1. The van der Waals surface area contributed by atoms with Crippen molar-refractivity contribution in [3.63, 3.8) is 0 Å². The van der Waals surface area contributed by atoms with Crippen molar-refractivity contribution >= 4 is 46.0 Å². The lowest BCUT2D eigenvalue weighted by molar-refractivity contribution is -0.121. The second kappa shape index (κ2) is 7.80. The molecule has 5 nitrogen and oxygen atoms in total. The summed E-state index contributed by atoms with van der Waals surface area (Å²) in [5, 5.41) is 12.9. The van der Waals surface area contributed by atoms with E-state index in [-0.39, 0.29) is 11.7 Å². The Morgan fingerprint density at radius 1 is 1.27 bits per heavy atom. The van der Waals surface area contributed by atoms with E-state index < -0.39 is 0 Å². The summed E-state index contributed by atoms with van der Waals surface area (Å²) in [4.78, 5) is 14.7. The number of nitrogens with one attached hydrogen (secondary N) is 1. The van der Waals surface area contributed by atoms with E-state index >= 15 is 0 Å². The Bertz CT molecular complexity index is 879. The number of phenolic OH excluding ortho intramolecular Hbond substituents is 1. The summed E-state index contributed by atoms with van der Waals surface area (Å²) in [7, 11) is 1.48. The van der Waals surface area contributed by atoms with Crippen LogP contribution >= 0.6 is 24.0 Å². The van der Waals surface area contributed by atoms with Gasteiger partial charge in [0, 0.05) is 5.69 Å². The van der Waals surface area contributed by atoms with Gasteiger partial charge in [0.15, 0.2) is 11.5 Å². The molecular weight excluding hydrogens is 368 g/mol. The number of aromatic hydroxyl groups is 1. The maximum atomic E-state index is 12.6. The van der Waals surface area contributed by atoms with Gasteiger partial charge in [-0.05, 0) is 42.8 Å². The summed E-state index contributed by atoms with van der Waals surface area (Å²) in [5.41, 5.74) is 2.86. The van der Waals surface area contributed by atoms with Gasteiger partial charge in [-0.15, -0.1) is 0 Å². The van der Waals surface area contributed by atoms with Gasteiger partial charge in [0.2, 0.25) is 0 Å². The van der Waals surface area contributed by atoms with E-state index in [1.54, 1.807) is 18.2 Å². The monoisotopic (exact) mass is 386 g/mol. The van der Waals surface area contributed by atoms with Gasteiger partial charge in [-0.25, -0.2) is 0 Å². The topological polar surface area (TPSA) is 61.8 Å². The van der Waals surface area contributed by atoms with Gasteiger partial charge in [0.05, 0.1) is 18.7 Å². The van der Waals surface area contributed by atoms with Crippen molar-refractivity contribution < 1.29 is 14.6 Å². The summed E-state index contributed by atoms with van der Waals surface area (Å²) in [5.74, 6) is 0.265. The number of carbonyl (C=O) groups excluding carboxylic acids is 1. The second-order valence-electron chi connectivity index (χ2n) is 5.74. The van der Waals surface area contributed by atoms with Crippen molar-refractivity contribution in [3.05, 3.63) is 58.5 Å². The van der Waals surface area contributed by atoms with Gasteiger partial charge >= 0.3 is 0 Å². The molecule has 0 bridgehead atoms. The summed E-state index contributed by atoms with van der Waals surface area (Å²) in [6.45, 7) is 2.33. The van der Waals surface area contributed by atoms with Gasteiger partial charge in [-0.2, -0.15) is 0 Å². The zero-order valence-electron chi connectivity index (χ0n) is 14.4. The maximum absolute atomic E-state index is 12.6. The fraction of sp³-hybridized carbons (Fsp3) is 0.158. The molecule has 1 aliphatic rings. The third-order valence-electron chi connectivity index (χ3n) is 3.87. The van der Waals surface area contributed by atoms with E-state index in [0.717, 1.165) is 11.3 Å². The zero-order valence-corrected chi connectivity index (χ0v) is 16.0.